The van der Waals surface area contributed by atoms with Crippen LogP contribution in [0.5, 0.6) is 0 Å². The molecule has 5 heteroatoms. The summed E-state index contributed by atoms with van der Waals surface area (Å²) >= 11 is 1.89. The summed E-state index contributed by atoms with van der Waals surface area (Å²) in [6, 6.07) is 4.31. The second-order valence-electron chi connectivity index (χ2n) is 4.74. The Hall–Kier alpha value is -1.23. The van der Waals surface area contributed by atoms with Gasteiger partial charge in [-0.2, -0.15) is 11.8 Å². The number of nitrogen functional groups attached to an aromatic ring is 1. The number of thioether (sulfide) groups is 1. The zero-order valence-corrected chi connectivity index (χ0v) is 11.8. The Kier molecular flexibility index (Phi) is 4.69. The smallest absolute Gasteiger partial charge is 0.251 e. The molecular formula is C14H19FN2OS. The van der Waals surface area contributed by atoms with E-state index >= 15 is 0 Å². The fourth-order valence-electron chi connectivity index (χ4n) is 2.44. The van der Waals surface area contributed by atoms with Gasteiger partial charge < -0.3 is 11.1 Å². The lowest BCUT2D eigenvalue weighted by Gasteiger charge is -2.20. The van der Waals surface area contributed by atoms with Gasteiger partial charge in [0.2, 0.25) is 0 Å². The van der Waals surface area contributed by atoms with E-state index in [2.05, 4.69) is 12.2 Å². The van der Waals surface area contributed by atoms with Crippen molar-refractivity contribution in [3.05, 3.63) is 29.6 Å². The lowest BCUT2D eigenvalue weighted by Crippen LogP contribution is -2.38. The number of amides is 1. The number of hydrogen-bond donors (Lipinski definition) is 2. The summed E-state index contributed by atoms with van der Waals surface area (Å²) in [7, 11) is 0. The molecule has 0 saturated heterocycles. The average molecular weight is 282 g/mol. The fraction of sp³-hybridized carbons (Fsp3) is 0.500. The minimum absolute atomic E-state index is 0.0126. The molecule has 104 valence electrons. The molecule has 0 aromatic heterocycles. The third-order valence-corrected chi connectivity index (χ3v) is 4.73. The Morgan fingerprint density at radius 2 is 2.32 bits per heavy atom. The summed E-state index contributed by atoms with van der Waals surface area (Å²) in [6.07, 6.45) is 3.31. The Balaban J connectivity index is 2.02. The number of nitrogens with one attached hydrogen (secondary N) is 1. The number of carbonyl (C=O) groups is 1. The molecule has 2 rings (SSSR count). The van der Waals surface area contributed by atoms with Crippen LogP contribution in [-0.2, 0) is 0 Å². The van der Waals surface area contributed by atoms with Crippen LogP contribution in [0.2, 0.25) is 0 Å². The molecule has 1 fully saturated rings. The van der Waals surface area contributed by atoms with Crippen molar-refractivity contribution in [3.63, 3.8) is 0 Å². The molecule has 1 aliphatic carbocycles. The highest BCUT2D eigenvalue weighted by Crippen LogP contribution is 2.30. The first kappa shape index (κ1) is 14.2. The standard InChI is InChI=1S/C14H19FN2OS/c1-2-19-13-5-3-4-12(13)17-14(18)9-6-7-10(15)11(16)8-9/h6-8,12-13H,2-5,16H2,1H3,(H,17,18). The number of carbonyl (C=O) groups excluding carboxylic acids is 1. The Bertz CT molecular complexity index is 467. The fourth-order valence-corrected chi connectivity index (χ4v) is 3.64. The van der Waals surface area contributed by atoms with Crippen LogP contribution in [0.1, 0.15) is 36.5 Å². The topological polar surface area (TPSA) is 55.1 Å². The maximum Gasteiger partial charge on any atom is 0.251 e. The van der Waals surface area contributed by atoms with Gasteiger partial charge in [0.25, 0.3) is 5.91 Å². The molecule has 1 aromatic carbocycles. The average Bonchev–Trinajstić information content (AvgIpc) is 2.80. The minimum Gasteiger partial charge on any atom is -0.396 e. The molecule has 2 unspecified atom stereocenters. The molecule has 0 heterocycles. The molecule has 1 aliphatic rings. The van der Waals surface area contributed by atoms with Gasteiger partial charge in [-0.25, -0.2) is 4.39 Å². The van der Waals surface area contributed by atoms with Crippen LogP contribution in [0.3, 0.4) is 0 Å². The van der Waals surface area contributed by atoms with Crippen molar-refractivity contribution in [2.75, 3.05) is 11.5 Å². The first-order chi connectivity index (χ1) is 9.11. The molecule has 1 aromatic rings. The number of benzene rings is 1. The van der Waals surface area contributed by atoms with Gasteiger partial charge in [-0.3, -0.25) is 4.79 Å². The quantitative estimate of drug-likeness (QED) is 0.835. The van der Waals surface area contributed by atoms with Crippen molar-refractivity contribution in [1.29, 1.82) is 0 Å². The van der Waals surface area contributed by atoms with E-state index in [1.807, 2.05) is 11.8 Å². The second kappa shape index (κ2) is 6.28. The Morgan fingerprint density at radius 1 is 1.53 bits per heavy atom. The number of anilines is 1. The maximum atomic E-state index is 13.1. The van der Waals surface area contributed by atoms with Gasteiger partial charge in [0.1, 0.15) is 5.82 Å². The number of hydrogen-bond acceptors (Lipinski definition) is 3. The number of rotatable bonds is 4. The van der Waals surface area contributed by atoms with E-state index in [1.54, 1.807) is 0 Å². The molecule has 3 nitrogen and oxygen atoms in total. The van der Waals surface area contributed by atoms with Gasteiger partial charge in [0.05, 0.1) is 5.69 Å². The summed E-state index contributed by atoms with van der Waals surface area (Å²) in [5.74, 6) is 0.401. The van der Waals surface area contributed by atoms with Crippen molar-refractivity contribution in [3.8, 4) is 0 Å². The van der Waals surface area contributed by atoms with Crippen molar-refractivity contribution in [1.82, 2.24) is 5.32 Å². The SMILES string of the molecule is CCSC1CCCC1NC(=O)c1ccc(F)c(N)c1. The van der Waals surface area contributed by atoms with Crippen molar-refractivity contribution in [2.24, 2.45) is 0 Å². The molecule has 0 bridgehead atoms. The Labute approximate surface area is 117 Å². The molecular weight excluding hydrogens is 263 g/mol. The van der Waals surface area contributed by atoms with E-state index in [9.17, 15) is 9.18 Å². The highest BCUT2D eigenvalue weighted by molar-refractivity contribution is 7.99. The lowest BCUT2D eigenvalue weighted by atomic mass is 10.1. The van der Waals surface area contributed by atoms with E-state index in [1.165, 1.54) is 18.2 Å². The minimum atomic E-state index is -0.489. The van der Waals surface area contributed by atoms with Crippen molar-refractivity contribution in [2.45, 2.75) is 37.5 Å². The zero-order valence-electron chi connectivity index (χ0n) is 11.0. The van der Waals surface area contributed by atoms with Gasteiger partial charge in [-0.05, 0) is 36.8 Å². The molecule has 3 N–H and O–H groups in total. The van der Waals surface area contributed by atoms with Crippen LogP contribution < -0.4 is 11.1 Å². The van der Waals surface area contributed by atoms with Crippen LogP contribution in [0.25, 0.3) is 0 Å². The molecule has 1 amide bonds. The van der Waals surface area contributed by atoms with E-state index < -0.39 is 5.82 Å². The van der Waals surface area contributed by atoms with Crippen LogP contribution in [0.4, 0.5) is 10.1 Å². The van der Waals surface area contributed by atoms with Crippen molar-refractivity contribution >= 4 is 23.4 Å². The third kappa shape index (κ3) is 3.41. The summed E-state index contributed by atoms with van der Waals surface area (Å²) in [6.45, 7) is 2.13. The predicted molar refractivity (Wildman–Crippen MR) is 77.8 cm³/mol. The maximum absolute atomic E-state index is 13.1. The van der Waals surface area contributed by atoms with Crippen LogP contribution in [0, 0.1) is 5.82 Å². The third-order valence-electron chi connectivity index (χ3n) is 3.41. The van der Waals surface area contributed by atoms with Gasteiger partial charge in [0, 0.05) is 16.9 Å². The molecule has 19 heavy (non-hydrogen) atoms. The lowest BCUT2D eigenvalue weighted by molar-refractivity contribution is 0.0938. The molecule has 0 radical (unpaired) electrons. The first-order valence-electron chi connectivity index (χ1n) is 6.59. The predicted octanol–water partition coefficient (Wildman–Crippen LogP) is 2.81. The highest BCUT2D eigenvalue weighted by atomic mass is 32.2. The summed E-state index contributed by atoms with van der Waals surface area (Å²) in [5, 5.41) is 3.53. The van der Waals surface area contributed by atoms with Crippen LogP contribution in [0.15, 0.2) is 18.2 Å². The second-order valence-corrected chi connectivity index (χ2v) is 6.26. The van der Waals surface area contributed by atoms with E-state index in [4.69, 9.17) is 5.73 Å². The van der Waals surface area contributed by atoms with Gasteiger partial charge in [-0.1, -0.05) is 13.3 Å². The largest absolute Gasteiger partial charge is 0.396 e. The van der Waals surface area contributed by atoms with Gasteiger partial charge >= 0.3 is 0 Å². The monoisotopic (exact) mass is 282 g/mol. The Morgan fingerprint density at radius 3 is 3.00 bits per heavy atom. The van der Waals surface area contributed by atoms with Gasteiger partial charge in [0.15, 0.2) is 0 Å². The van der Waals surface area contributed by atoms with Gasteiger partial charge in [-0.15, -0.1) is 0 Å². The number of nitrogens with two attached hydrogens (primary N) is 1. The summed E-state index contributed by atoms with van der Waals surface area (Å²) in [5.41, 5.74) is 5.92. The highest BCUT2D eigenvalue weighted by Gasteiger charge is 2.28. The normalized spacial score (nSPS) is 22.4. The summed E-state index contributed by atoms with van der Waals surface area (Å²) in [4.78, 5) is 12.1. The first-order valence-corrected chi connectivity index (χ1v) is 7.64. The molecule has 2 atom stereocenters. The molecule has 0 spiro atoms. The molecule has 0 aliphatic heterocycles. The van der Waals surface area contributed by atoms with Crippen LogP contribution >= 0.6 is 11.8 Å². The van der Waals surface area contributed by atoms with Crippen LogP contribution in [-0.4, -0.2) is 23.0 Å². The zero-order chi connectivity index (χ0) is 13.8. The van der Waals surface area contributed by atoms with E-state index in [0.29, 0.717) is 10.8 Å². The number of halogens is 1. The van der Waals surface area contributed by atoms with E-state index in [-0.39, 0.29) is 17.6 Å². The van der Waals surface area contributed by atoms with Crippen molar-refractivity contribution < 1.29 is 9.18 Å². The summed E-state index contributed by atoms with van der Waals surface area (Å²) < 4.78 is 13.1. The van der Waals surface area contributed by atoms with E-state index in [0.717, 1.165) is 25.0 Å². The molecule has 1 saturated carbocycles.